The summed E-state index contributed by atoms with van der Waals surface area (Å²) < 4.78 is 7.37. The molecule has 1 fully saturated rings. The molecule has 2 aromatic heterocycles. The second-order valence-electron chi connectivity index (χ2n) is 9.38. The van der Waals surface area contributed by atoms with E-state index in [1.54, 1.807) is 0 Å². The van der Waals surface area contributed by atoms with Gasteiger partial charge in [-0.3, -0.25) is 4.98 Å². The average Bonchev–Trinajstić information content (AvgIpc) is 3.23. The van der Waals surface area contributed by atoms with Crippen molar-refractivity contribution in [2.45, 2.75) is 45.6 Å². The van der Waals surface area contributed by atoms with Crippen LogP contribution in [0, 0.1) is 12.8 Å². The number of imidazole rings is 1. The summed E-state index contributed by atoms with van der Waals surface area (Å²) in [6, 6.07) is 10.5. The number of amides is 1. The number of halogens is 1. The Morgan fingerprint density at radius 2 is 2.03 bits per heavy atom. The van der Waals surface area contributed by atoms with Gasteiger partial charge in [-0.25, -0.2) is 9.78 Å². The normalized spacial score (nSPS) is 17.9. The van der Waals surface area contributed by atoms with Crippen LogP contribution < -0.4 is 0 Å². The number of aryl methyl sites for hydroxylation is 2. The Kier molecular flexibility index (Phi) is 6.91. The number of likely N-dealkylation sites (tertiary alicyclic amines) is 1. The first-order valence-electron chi connectivity index (χ1n) is 12.4. The Morgan fingerprint density at radius 1 is 1.20 bits per heavy atom. The molecule has 0 bridgehead atoms. The minimum absolute atomic E-state index is 0.145. The van der Waals surface area contributed by atoms with Crippen LogP contribution in [0.15, 0.2) is 49.1 Å². The van der Waals surface area contributed by atoms with Gasteiger partial charge in [-0.2, -0.15) is 0 Å². The zero-order chi connectivity index (χ0) is 24.4. The lowest BCUT2D eigenvalue weighted by atomic mass is 9.76. The van der Waals surface area contributed by atoms with Crippen molar-refractivity contribution in [3.63, 3.8) is 0 Å². The van der Waals surface area contributed by atoms with Gasteiger partial charge >= 0.3 is 6.09 Å². The molecular weight excluding hydrogens is 460 g/mol. The summed E-state index contributed by atoms with van der Waals surface area (Å²) in [7, 11) is 0. The Morgan fingerprint density at radius 3 is 2.77 bits per heavy atom. The number of hydrogen-bond acceptors (Lipinski definition) is 4. The standard InChI is InChI=1S/C28H31ClN4O2/c1-3-35-28(34)33-13-9-20(10-14-33)26-24-7-6-23(29)16-25(24)21(8-12-32-17-19(2)31-18-32)15-22-5-4-11-30-27(22)26/h4-7,11,15-18,20,26H,3,8-10,12-14H2,1-2H3. The number of carbonyl (C=O) groups excluding carboxylic acids is 1. The van der Waals surface area contributed by atoms with Crippen molar-refractivity contribution in [2.75, 3.05) is 19.7 Å². The second kappa shape index (κ2) is 10.2. The van der Waals surface area contributed by atoms with Gasteiger partial charge in [0.05, 0.1) is 24.3 Å². The first-order chi connectivity index (χ1) is 17.0. The topological polar surface area (TPSA) is 60.2 Å². The quantitative estimate of drug-likeness (QED) is 0.428. The highest BCUT2D eigenvalue weighted by atomic mass is 35.5. The van der Waals surface area contributed by atoms with E-state index in [-0.39, 0.29) is 12.0 Å². The fourth-order valence-corrected chi connectivity index (χ4v) is 5.63. The molecule has 1 saturated heterocycles. The van der Waals surface area contributed by atoms with Crippen molar-refractivity contribution in [2.24, 2.45) is 5.92 Å². The van der Waals surface area contributed by atoms with E-state index in [9.17, 15) is 4.79 Å². The zero-order valence-corrected chi connectivity index (χ0v) is 21.0. The molecule has 6 nitrogen and oxygen atoms in total. The van der Waals surface area contributed by atoms with Crippen molar-refractivity contribution in [1.29, 1.82) is 0 Å². The Labute approximate surface area is 211 Å². The van der Waals surface area contributed by atoms with Crippen molar-refractivity contribution in [3.05, 3.63) is 82.2 Å². The van der Waals surface area contributed by atoms with Crippen LogP contribution in [0.5, 0.6) is 0 Å². The molecule has 3 heterocycles. The van der Waals surface area contributed by atoms with Crippen molar-refractivity contribution in [3.8, 4) is 0 Å². The van der Waals surface area contributed by atoms with Gasteiger partial charge in [0.15, 0.2) is 0 Å². The molecule has 1 aromatic carbocycles. The summed E-state index contributed by atoms with van der Waals surface area (Å²) in [5.74, 6) is 0.519. The van der Waals surface area contributed by atoms with Crippen LogP contribution in [0.25, 0.3) is 11.6 Å². The van der Waals surface area contributed by atoms with Crippen LogP contribution >= 0.6 is 11.6 Å². The molecular formula is C28H31ClN4O2. The van der Waals surface area contributed by atoms with Crippen LogP contribution in [0.2, 0.25) is 5.02 Å². The molecule has 0 spiro atoms. The highest BCUT2D eigenvalue weighted by molar-refractivity contribution is 6.30. The van der Waals surface area contributed by atoms with Crippen LogP contribution in [0.3, 0.4) is 0 Å². The number of nitrogens with zero attached hydrogens (tertiary/aromatic N) is 4. The van der Waals surface area contributed by atoms with E-state index < -0.39 is 0 Å². The number of piperidine rings is 1. The summed E-state index contributed by atoms with van der Waals surface area (Å²) in [5.41, 5.74) is 7.02. The number of ether oxygens (including phenoxy) is 1. The zero-order valence-electron chi connectivity index (χ0n) is 20.3. The number of allylic oxidation sites excluding steroid dienone is 1. The van der Waals surface area contributed by atoms with Crippen LogP contribution in [0.1, 0.15) is 60.2 Å². The van der Waals surface area contributed by atoms with Gasteiger partial charge in [0.2, 0.25) is 0 Å². The molecule has 2 aliphatic rings. The van der Waals surface area contributed by atoms with E-state index in [2.05, 4.69) is 40.0 Å². The molecule has 182 valence electrons. The van der Waals surface area contributed by atoms with Crippen LogP contribution in [-0.2, 0) is 11.3 Å². The predicted molar refractivity (Wildman–Crippen MR) is 138 cm³/mol. The fraction of sp³-hybridized carbons (Fsp3) is 0.393. The maximum atomic E-state index is 12.3. The minimum Gasteiger partial charge on any atom is -0.450 e. The van der Waals surface area contributed by atoms with Gasteiger partial charge in [0.25, 0.3) is 0 Å². The number of rotatable bonds is 5. The highest BCUT2D eigenvalue weighted by Crippen LogP contribution is 2.45. The number of aromatic nitrogens is 3. The number of fused-ring (bicyclic) bond motifs is 2. The molecule has 1 aliphatic carbocycles. The lowest BCUT2D eigenvalue weighted by Gasteiger charge is -2.36. The average molecular weight is 491 g/mol. The van der Waals surface area contributed by atoms with E-state index in [0.717, 1.165) is 47.8 Å². The number of carbonyl (C=O) groups is 1. The molecule has 1 amide bonds. The lowest BCUT2D eigenvalue weighted by molar-refractivity contribution is 0.0900. The predicted octanol–water partition coefficient (Wildman–Crippen LogP) is 6.18. The summed E-state index contributed by atoms with van der Waals surface area (Å²) in [6.07, 6.45) is 10.6. The molecule has 7 heteroatoms. The Balaban J connectivity index is 1.49. The third kappa shape index (κ3) is 4.98. The first kappa shape index (κ1) is 23.6. The van der Waals surface area contributed by atoms with E-state index in [4.69, 9.17) is 21.3 Å². The van der Waals surface area contributed by atoms with Crippen LogP contribution in [0.4, 0.5) is 4.79 Å². The molecule has 1 unspecified atom stereocenters. The van der Waals surface area contributed by atoms with E-state index in [0.29, 0.717) is 25.6 Å². The van der Waals surface area contributed by atoms with Crippen LogP contribution in [-0.4, -0.2) is 45.2 Å². The van der Waals surface area contributed by atoms with Crippen molar-refractivity contribution < 1.29 is 9.53 Å². The fourth-order valence-electron chi connectivity index (χ4n) is 5.46. The molecule has 1 aliphatic heterocycles. The number of benzene rings is 1. The smallest absolute Gasteiger partial charge is 0.409 e. The highest BCUT2D eigenvalue weighted by Gasteiger charge is 2.35. The van der Waals surface area contributed by atoms with E-state index >= 15 is 0 Å². The second-order valence-corrected chi connectivity index (χ2v) is 9.82. The van der Waals surface area contributed by atoms with Gasteiger partial charge in [0, 0.05) is 43.0 Å². The van der Waals surface area contributed by atoms with Gasteiger partial charge in [-0.15, -0.1) is 0 Å². The molecule has 35 heavy (non-hydrogen) atoms. The Hall–Kier alpha value is -3.12. The van der Waals surface area contributed by atoms with E-state index in [1.165, 1.54) is 16.7 Å². The number of hydrogen-bond donors (Lipinski definition) is 0. The minimum atomic E-state index is -0.212. The monoisotopic (exact) mass is 490 g/mol. The van der Waals surface area contributed by atoms with Gasteiger partial charge in [0.1, 0.15) is 0 Å². The molecule has 0 saturated carbocycles. The lowest BCUT2D eigenvalue weighted by Crippen LogP contribution is -2.40. The largest absolute Gasteiger partial charge is 0.450 e. The molecule has 0 radical (unpaired) electrons. The maximum absolute atomic E-state index is 12.3. The van der Waals surface area contributed by atoms with Gasteiger partial charge < -0.3 is 14.2 Å². The molecule has 1 atom stereocenters. The van der Waals surface area contributed by atoms with Crippen molar-refractivity contribution in [1.82, 2.24) is 19.4 Å². The SMILES string of the molecule is CCOC(=O)N1CCC(C2c3ccc(Cl)cc3C(CCn3cnc(C)c3)=Cc3cccnc32)CC1. The van der Waals surface area contributed by atoms with Gasteiger partial charge in [-0.05, 0) is 85.6 Å². The maximum Gasteiger partial charge on any atom is 0.409 e. The summed E-state index contributed by atoms with van der Waals surface area (Å²) in [4.78, 5) is 23.4. The third-order valence-corrected chi connectivity index (χ3v) is 7.37. The Bertz CT molecular complexity index is 1240. The summed E-state index contributed by atoms with van der Waals surface area (Å²) in [5, 5.41) is 0.739. The van der Waals surface area contributed by atoms with E-state index in [1.807, 2.05) is 43.4 Å². The molecule has 3 aromatic rings. The molecule has 5 rings (SSSR count). The third-order valence-electron chi connectivity index (χ3n) is 7.13. The molecule has 0 N–H and O–H groups in total. The van der Waals surface area contributed by atoms with Crippen molar-refractivity contribution >= 4 is 29.3 Å². The van der Waals surface area contributed by atoms with Gasteiger partial charge in [-0.1, -0.05) is 23.7 Å². The summed E-state index contributed by atoms with van der Waals surface area (Å²) in [6.45, 7) is 6.50. The number of pyridine rings is 1. The summed E-state index contributed by atoms with van der Waals surface area (Å²) >= 11 is 6.53. The first-order valence-corrected chi connectivity index (χ1v) is 12.8.